The molecule has 0 amide bonds. The quantitative estimate of drug-likeness (QED) is 0.879. The topological polar surface area (TPSA) is 36.4 Å². The van der Waals surface area contributed by atoms with Crippen molar-refractivity contribution in [3.8, 4) is 11.3 Å². The predicted molar refractivity (Wildman–Crippen MR) is 86.2 cm³/mol. The third-order valence-electron chi connectivity index (χ3n) is 3.11. The van der Waals surface area contributed by atoms with Gasteiger partial charge in [-0.3, -0.25) is 0 Å². The number of aliphatic hydroxyl groups excluding tert-OH is 1. The Hall–Kier alpha value is -1.39. The molecule has 1 N–H and O–H groups in total. The molecular formula is C16H22N2OS. The Balaban J connectivity index is 2.35. The van der Waals surface area contributed by atoms with Gasteiger partial charge in [-0.1, -0.05) is 55.5 Å². The summed E-state index contributed by atoms with van der Waals surface area (Å²) in [7, 11) is 0. The molecule has 3 nitrogen and oxygen atoms in total. The SMILES string of the molecule is CCN(CC(C)C)c1nc(-c2ccccc2)c(CO)s1. The Morgan fingerprint density at radius 1 is 1.25 bits per heavy atom. The Labute approximate surface area is 124 Å². The summed E-state index contributed by atoms with van der Waals surface area (Å²) in [5.41, 5.74) is 1.98. The molecule has 20 heavy (non-hydrogen) atoms. The summed E-state index contributed by atoms with van der Waals surface area (Å²) in [6.45, 7) is 8.53. The zero-order valence-electron chi connectivity index (χ0n) is 12.3. The number of rotatable bonds is 6. The average Bonchev–Trinajstić information content (AvgIpc) is 2.89. The van der Waals surface area contributed by atoms with Gasteiger partial charge in [-0.2, -0.15) is 0 Å². The van der Waals surface area contributed by atoms with Gasteiger partial charge in [0.05, 0.1) is 17.2 Å². The molecular weight excluding hydrogens is 268 g/mol. The van der Waals surface area contributed by atoms with Crippen LogP contribution in [0.2, 0.25) is 0 Å². The van der Waals surface area contributed by atoms with E-state index in [9.17, 15) is 5.11 Å². The van der Waals surface area contributed by atoms with E-state index in [0.717, 1.165) is 34.4 Å². The fraction of sp³-hybridized carbons (Fsp3) is 0.438. The van der Waals surface area contributed by atoms with Crippen LogP contribution in [-0.4, -0.2) is 23.2 Å². The third kappa shape index (κ3) is 3.38. The Bertz CT molecular complexity index is 537. The summed E-state index contributed by atoms with van der Waals surface area (Å²) in [6.07, 6.45) is 0. The maximum atomic E-state index is 9.58. The molecule has 1 aromatic heterocycles. The van der Waals surface area contributed by atoms with Crippen LogP contribution >= 0.6 is 11.3 Å². The van der Waals surface area contributed by atoms with Gasteiger partial charge in [0.25, 0.3) is 0 Å². The summed E-state index contributed by atoms with van der Waals surface area (Å²) >= 11 is 1.59. The molecule has 108 valence electrons. The van der Waals surface area contributed by atoms with E-state index in [0.29, 0.717) is 5.92 Å². The second-order valence-corrected chi connectivity index (χ2v) is 6.29. The first-order valence-electron chi connectivity index (χ1n) is 7.06. The van der Waals surface area contributed by atoms with E-state index in [4.69, 9.17) is 4.98 Å². The maximum Gasteiger partial charge on any atom is 0.186 e. The van der Waals surface area contributed by atoms with E-state index < -0.39 is 0 Å². The number of anilines is 1. The molecule has 0 saturated carbocycles. The maximum absolute atomic E-state index is 9.58. The number of nitrogens with zero attached hydrogens (tertiary/aromatic N) is 2. The van der Waals surface area contributed by atoms with E-state index in [2.05, 4.69) is 25.7 Å². The normalized spacial score (nSPS) is 11.1. The van der Waals surface area contributed by atoms with Crippen LogP contribution in [0, 0.1) is 5.92 Å². The van der Waals surface area contributed by atoms with Gasteiger partial charge in [0.2, 0.25) is 0 Å². The summed E-state index contributed by atoms with van der Waals surface area (Å²) in [5, 5.41) is 10.6. The van der Waals surface area contributed by atoms with Crippen LogP contribution in [0.4, 0.5) is 5.13 Å². The van der Waals surface area contributed by atoms with Gasteiger partial charge in [-0.25, -0.2) is 4.98 Å². The fourth-order valence-electron chi connectivity index (χ4n) is 2.19. The van der Waals surface area contributed by atoms with Gasteiger partial charge in [0.1, 0.15) is 0 Å². The first-order valence-corrected chi connectivity index (χ1v) is 7.88. The van der Waals surface area contributed by atoms with Gasteiger partial charge >= 0.3 is 0 Å². The van der Waals surface area contributed by atoms with Crippen molar-refractivity contribution >= 4 is 16.5 Å². The molecule has 0 bridgehead atoms. The standard InChI is InChI=1S/C16H22N2OS/c1-4-18(10-12(2)3)16-17-15(14(11-19)20-16)13-8-6-5-7-9-13/h5-9,12,19H,4,10-11H2,1-3H3. The molecule has 0 aliphatic rings. The highest BCUT2D eigenvalue weighted by Crippen LogP contribution is 2.33. The van der Waals surface area contributed by atoms with Crippen molar-refractivity contribution in [3.05, 3.63) is 35.2 Å². The van der Waals surface area contributed by atoms with Gasteiger partial charge in [0.15, 0.2) is 5.13 Å². The molecule has 0 saturated heterocycles. The van der Waals surface area contributed by atoms with Crippen molar-refractivity contribution in [3.63, 3.8) is 0 Å². The largest absolute Gasteiger partial charge is 0.391 e. The Morgan fingerprint density at radius 2 is 1.95 bits per heavy atom. The number of aromatic nitrogens is 1. The molecule has 2 rings (SSSR count). The summed E-state index contributed by atoms with van der Waals surface area (Å²) in [5.74, 6) is 0.594. The summed E-state index contributed by atoms with van der Waals surface area (Å²) in [4.78, 5) is 7.98. The lowest BCUT2D eigenvalue weighted by atomic mass is 10.1. The number of hydrogen-bond acceptors (Lipinski definition) is 4. The smallest absolute Gasteiger partial charge is 0.186 e. The van der Waals surface area contributed by atoms with Crippen molar-refractivity contribution in [2.75, 3.05) is 18.0 Å². The number of aliphatic hydroxyl groups is 1. The fourth-order valence-corrected chi connectivity index (χ4v) is 3.20. The van der Waals surface area contributed by atoms with Crippen LogP contribution in [0.5, 0.6) is 0 Å². The molecule has 0 aliphatic heterocycles. The molecule has 1 heterocycles. The minimum absolute atomic E-state index is 0.0428. The second kappa shape index (κ2) is 6.86. The number of hydrogen-bond donors (Lipinski definition) is 1. The lowest BCUT2D eigenvalue weighted by molar-refractivity contribution is 0.286. The minimum Gasteiger partial charge on any atom is -0.391 e. The van der Waals surface area contributed by atoms with E-state index >= 15 is 0 Å². The zero-order chi connectivity index (χ0) is 14.5. The van der Waals surface area contributed by atoms with Crippen molar-refractivity contribution in [2.24, 2.45) is 5.92 Å². The second-order valence-electron chi connectivity index (χ2n) is 5.22. The van der Waals surface area contributed by atoms with E-state index in [1.807, 2.05) is 30.3 Å². The molecule has 0 aliphatic carbocycles. The summed E-state index contributed by atoms with van der Waals surface area (Å²) < 4.78 is 0. The highest BCUT2D eigenvalue weighted by Gasteiger charge is 2.16. The molecule has 4 heteroatoms. The lowest BCUT2D eigenvalue weighted by Gasteiger charge is -2.21. The lowest BCUT2D eigenvalue weighted by Crippen LogP contribution is -2.26. The van der Waals surface area contributed by atoms with Crippen LogP contribution in [-0.2, 0) is 6.61 Å². The average molecular weight is 290 g/mol. The van der Waals surface area contributed by atoms with E-state index in [-0.39, 0.29) is 6.61 Å². The van der Waals surface area contributed by atoms with Crippen molar-refractivity contribution in [1.29, 1.82) is 0 Å². The van der Waals surface area contributed by atoms with Gasteiger partial charge < -0.3 is 10.0 Å². The van der Waals surface area contributed by atoms with Crippen LogP contribution in [0.15, 0.2) is 30.3 Å². The highest BCUT2D eigenvalue weighted by atomic mass is 32.1. The predicted octanol–water partition coefficient (Wildman–Crippen LogP) is 3.78. The van der Waals surface area contributed by atoms with E-state index in [1.54, 1.807) is 11.3 Å². The molecule has 0 atom stereocenters. The van der Waals surface area contributed by atoms with Crippen molar-refractivity contribution in [1.82, 2.24) is 4.98 Å². The van der Waals surface area contributed by atoms with Crippen LogP contribution in [0.25, 0.3) is 11.3 Å². The van der Waals surface area contributed by atoms with Crippen molar-refractivity contribution in [2.45, 2.75) is 27.4 Å². The zero-order valence-corrected chi connectivity index (χ0v) is 13.2. The number of thiazole rings is 1. The molecule has 0 fully saturated rings. The van der Waals surface area contributed by atoms with E-state index in [1.165, 1.54) is 0 Å². The first-order chi connectivity index (χ1) is 9.65. The van der Waals surface area contributed by atoms with Gasteiger partial charge in [-0.05, 0) is 12.8 Å². The third-order valence-corrected chi connectivity index (χ3v) is 4.22. The van der Waals surface area contributed by atoms with Crippen molar-refractivity contribution < 1.29 is 5.11 Å². The van der Waals surface area contributed by atoms with Crippen LogP contribution in [0.3, 0.4) is 0 Å². The summed E-state index contributed by atoms with van der Waals surface area (Å²) in [6, 6.07) is 10.1. The molecule has 0 unspecified atom stereocenters. The highest BCUT2D eigenvalue weighted by molar-refractivity contribution is 7.16. The minimum atomic E-state index is 0.0428. The molecule has 1 aromatic carbocycles. The Kier molecular flexibility index (Phi) is 5.15. The van der Waals surface area contributed by atoms with Gasteiger partial charge in [0, 0.05) is 18.7 Å². The Morgan fingerprint density at radius 3 is 2.50 bits per heavy atom. The van der Waals surface area contributed by atoms with Crippen LogP contribution < -0.4 is 4.90 Å². The molecule has 0 spiro atoms. The first kappa shape index (κ1) is 15.0. The molecule has 0 radical (unpaired) electrons. The molecule has 2 aromatic rings. The van der Waals surface area contributed by atoms with Crippen LogP contribution in [0.1, 0.15) is 25.6 Å². The van der Waals surface area contributed by atoms with Gasteiger partial charge in [-0.15, -0.1) is 0 Å². The monoisotopic (exact) mass is 290 g/mol. The number of benzene rings is 1.